The third kappa shape index (κ3) is 4.80. The highest BCUT2D eigenvalue weighted by molar-refractivity contribution is 5.88. The van der Waals surface area contributed by atoms with Crippen LogP contribution in [0.4, 0.5) is 0 Å². The van der Waals surface area contributed by atoms with Crippen LogP contribution in [-0.4, -0.2) is 60.0 Å². The predicted molar refractivity (Wildman–Crippen MR) is 102 cm³/mol. The number of piperazine rings is 1. The minimum atomic E-state index is -0.544. The lowest BCUT2D eigenvalue weighted by atomic mass is 10.1. The number of methoxy groups -OCH3 is 2. The standard InChI is InChI=1S/C19H25N5O4/c1-27-14-4-3-13(16(9-14)28-2)12-24-8-7-22-19(26)15(24)10-18(25)23-11-17-20-5-6-21-17/h3-6,9,15H,7-8,10-12H2,1-2H3,(H,20,21)(H,22,26)(H,23,25)/t15-/m0/s1. The number of hydrogen-bond donors (Lipinski definition) is 3. The first-order chi connectivity index (χ1) is 13.6. The first-order valence-corrected chi connectivity index (χ1v) is 9.08. The first kappa shape index (κ1) is 19.7. The summed E-state index contributed by atoms with van der Waals surface area (Å²) in [6.07, 6.45) is 3.39. The summed E-state index contributed by atoms with van der Waals surface area (Å²) in [7, 11) is 3.20. The van der Waals surface area contributed by atoms with Gasteiger partial charge in [0.2, 0.25) is 11.8 Å². The number of carbonyl (C=O) groups excluding carboxylic acids is 2. The molecular weight excluding hydrogens is 362 g/mol. The molecule has 9 nitrogen and oxygen atoms in total. The lowest BCUT2D eigenvalue weighted by Crippen LogP contribution is -2.56. The molecule has 1 aromatic carbocycles. The summed E-state index contributed by atoms with van der Waals surface area (Å²) in [5.74, 6) is 1.70. The Hall–Kier alpha value is -3.07. The van der Waals surface area contributed by atoms with Crippen LogP contribution in [0.5, 0.6) is 11.5 Å². The quantitative estimate of drug-likeness (QED) is 0.606. The number of ether oxygens (including phenoxy) is 2. The third-order valence-electron chi connectivity index (χ3n) is 4.70. The number of nitrogens with zero attached hydrogens (tertiary/aromatic N) is 2. The second-order valence-electron chi connectivity index (χ2n) is 6.47. The van der Waals surface area contributed by atoms with E-state index in [2.05, 4.69) is 20.6 Å². The Labute approximate surface area is 163 Å². The van der Waals surface area contributed by atoms with E-state index in [0.717, 1.165) is 5.56 Å². The number of amides is 2. The number of carbonyl (C=O) groups is 2. The molecule has 1 fully saturated rings. The third-order valence-corrected chi connectivity index (χ3v) is 4.70. The van der Waals surface area contributed by atoms with E-state index < -0.39 is 6.04 Å². The first-order valence-electron chi connectivity index (χ1n) is 9.08. The van der Waals surface area contributed by atoms with Crippen LogP contribution >= 0.6 is 0 Å². The molecule has 2 amide bonds. The van der Waals surface area contributed by atoms with Gasteiger partial charge in [0.15, 0.2) is 0 Å². The van der Waals surface area contributed by atoms with Crippen molar-refractivity contribution in [2.24, 2.45) is 0 Å². The van der Waals surface area contributed by atoms with Crippen molar-refractivity contribution in [1.82, 2.24) is 25.5 Å². The predicted octanol–water partition coefficient (Wildman–Crippen LogP) is 0.434. The zero-order valence-electron chi connectivity index (χ0n) is 16.0. The molecule has 1 aliphatic rings. The topological polar surface area (TPSA) is 109 Å². The van der Waals surface area contributed by atoms with E-state index in [9.17, 15) is 9.59 Å². The Kier molecular flexibility index (Phi) is 6.49. The lowest BCUT2D eigenvalue weighted by Gasteiger charge is -2.35. The van der Waals surface area contributed by atoms with Crippen LogP contribution in [0.1, 0.15) is 17.8 Å². The maximum absolute atomic E-state index is 12.4. The molecule has 1 saturated heterocycles. The number of rotatable bonds is 8. The monoisotopic (exact) mass is 387 g/mol. The van der Waals surface area contributed by atoms with Crippen LogP contribution in [0.3, 0.4) is 0 Å². The van der Waals surface area contributed by atoms with Crippen molar-refractivity contribution in [3.8, 4) is 11.5 Å². The van der Waals surface area contributed by atoms with Gasteiger partial charge in [0.25, 0.3) is 0 Å². The summed E-state index contributed by atoms with van der Waals surface area (Å²) < 4.78 is 10.7. The summed E-state index contributed by atoms with van der Waals surface area (Å²) in [5.41, 5.74) is 0.930. The minimum Gasteiger partial charge on any atom is -0.497 e. The van der Waals surface area contributed by atoms with Gasteiger partial charge in [0.05, 0.1) is 33.2 Å². The zero-order valence-corrected chi connectivity index (χ0v) is 16.0. The van der Waals surface area contributed by atoms with Crippen LogP contribution in [0.25, 0.3) is 0 Å². The smallest absolute Gasteiger partial charge is 0.237 e. The van der Waals surface area contributed by atoms with E-state index in [4.69, 9.17) is 9.47 Å². The number of imidazole rings is 1. The molecule has 28 heavy (non-hydrogen) atoms. The summed E-state index contributed by atoms with van der Waals surface area (Å²) in [6.45, 7) is 1.99. The average molecular weight is 387 g/mol. The molecule has 0 spiro atoms. The van der Waals surface area contributed by atoms with Crippen LogP contribution in [-0.2, 0) is 22.7 Å². The number of hydrogen-bond acceptors (Lipinski definition) is 6. The van der Waals surface area contributed by atoms with Gasteiger partial charge in [0, 0.05) is 43.7 Å². The molecular formula is C19H25N5O4. The van der Waals surface area contributed by atoms with Gasteiger partial charge < -0.3 is 25.1 Å². The second-order valence-corrected chi connectivity index (χ2v) is 6.47. The molecule has 0 aliphatic carbocycles. The molecule has 3 rings (SSSR count). The highest BCUT2D eigenvalue weighted by Gasteiger charge is 2.32. The Bertz CT molecular complexity index is 809. The molecule has 3 N–H and O–H groups in total. The normalized spacial score (nSPS) is 17.1. The van der Waals surface area contributed by atoms with Crippen molar-refractivity contribution in [2.45, 2.75) is 25.6 Å². The fourth-order valence-electron chi connectivity index (χ4n) is 3.20. The average Bonchev–Trinajstić information content (AvgIpc) is 3.23. The molecule has 1 atom stereocenters. The van der Waals surface area contributed by atoms with Crippen molar-refractivity contribution < 1.29 is 19.1 Å². The Balaban J connectivity index is 1.66. The van der Waals surface area contributed by atoms with Gasteiger partial charge in [-0.05, 0) is 6.07 Å². The summed E-state index contributed by atoms with van der Waals surface area (Å²) in [4.78, 5) is 33.8. The van der Waals surface area contributed by atoms with Crippen LogP contribution in [0.2, 0.25) is 0 Å². The molecule has 2 heterocycles. The van der Waals surface area contributed by atoms with Crippen LogP contribution in [0, 0.1) is 0 Å². The van der Waals surface area contributed by atoms with Crippen molar-refractivity contribution in [3.05, 3.63) is 42.0 Å². The molecule has 150 valence electrons. The van der Waals surface area contributed by atoms with Crippen molar-refractivity contribution in [3.63, 3.8) is 0 Å². The van der Waals surface area contributed by atoms with Gasteiger partial charge >= 0.3 is 0 Å². The van der Waals surface area contributed by atoms with Crippen LogP contribution in [0.15, 0.2) is 30.6 Å². The molecule has 0 radical (unpaired) electrons. The van der Waals surface area contributed by atoms with E-state index in [1.54, 1.807) is 26.6 Å². The molecule has 0 bridgehead atoms. The molecule has 1 aromatic heterocycles. The van der Waals surface area contributed by atoms with E-state index in [1.165, 1.54) is 0 Å². The van der Waals surface area contributed by atoms with Gasteiger partial charge in [-0.25, -0.2) is 4.98 Å². The number of H-pyrrole nitrogens is 1. The zero-order chi connectivity index (χ0) is 19.9. The Morgan fingerprint density at radius 2 is 2.21 bits per heavy atom. The van der Waals surface area contributed by atoms with E-state index in [-0.39, 0.29) is 18.2 Å². The number of aromatic amines is 1. The second kappa shape index (κ2) is 9.23. The minimum absolute atomic E-state index is 0.0744. The maximum atomic E-state index is 12.4. The number of benzene rings is 1. The van der Waals surface area contributed by atoms with Crippen molar-refractivity contribution in [2.75, 3.05) is 27.3 Å². The maximum Gasteiger partial charge on any atom is 0.237 e. The van der Waals surface area contributed by atoms with E-state index in [1.807, 2.05) is 23.1 Å². The van der Waals surface area contributed by atoms with Gasteiger partial charge in [-0.15, -0.1) is 0 Å². The summed E-state index contributed by atoms with van der Waals surface area (Å²) in [6, 6.07) is 5.03. The largest absolute Gasteiger partial charge is 0.497 e. The summed E-state index contributed by atoms with van der Waals surface area (Å²) >= 11 is 0. The highest BCUT2D eigenvalue weighted by atomic mass is 16.5. The SMILES string of the molecule is COc1ccc(CN2CCNC(=O)[C@@H]2CC(=O)NCc2ncc[nH]2)c(OC)c1. The van der Waals surface area contributed by atoms with Gasteiger partial charge in [-0.3, -0.25) is 14.5 Å². The summed E-state index contributed by atoms with van der Waals surface area (Å²) in [5, 5.41) is 5.63. The van der Waals surface area contributed by atoms with Gasteiger partial charge in [-0.2, -0.15) is 0 Å². The Morgan fingerprint density at radius 1 is 1.36 bits per heavy atom. The fourth-order valence-corrected chi connectivity index (χ4v) is 3.20. The van der Waals surface area contributed by atoms with Gasteiger partial charge in [-0.1, -0.05) is 6.07 Å². The van der Waals surface area contributed by atoms with Gasteiger partial charge in [0.1, 0.15) is 17.3 Å². The van der Waals surface area contributed by atoms with E-state index >= 15 is 0 Å². The molecule has 9 heteroatoms. The highest BCUT2D eigenvalue weighted by Crippen LogP contribution is 2.27. The van der Waals surface area contributed by atoms with Crippen LogP contribution < -0.4 is 20.1 Å². The van der Waals surface area contributed by atoms with Crippen molar-refractivity contribution in [1.29, 1.82) is 0 Å². The molecule has 0 saturated carbocycles. The fraction of sp³-hybridized carbons (Fsp3) is 0.421. The van der Waals surface area contributed by atoms with E-state index in [0.29, 0.717) is 43.5 Å². The number of aromatic nitrogens is 2. The number of nitrogens with one attached hydrogen (secondary N) is 3. The van der Waals surface area contributed by atoms with Crippen molar-refractivity contribution >= 4 is 11.8 Å². The Morgan fingerprint density at radius 3 is 2.93 bits per heavy atom. The molecule has 2 aromatic rings. The molecule has 0 unspecified atom stereocenters. The molecule has 1 aliphatic heterocycles. The lowest BCUT2D eigenvalue weighted by molar-refractivity contribution is -0.134.